The van der Waals surface area contributed by atoms with Crippen LogP contribution < -0.4 is 9.57 Å². The van der Waals surface area contributed by atoms with Crippen molar-refractivity contribution in [2.75, 3.05) is 13.7 Å². The maximum Gasteiger partial charge on any atom is 0.442 e. The zero-order valence-corrected chi connectivity index (χ0v) is 17.5. The number of furan rings is 1. The van der Waals surface area contributed by atoms with Crippen LogP contribution in [-0.4, -0.2) is 41.4 Å². The van der Waals surface area contributed by atoms with Gasteiger partial charge in [0.15, 0.2) is 5.75 Å². The molecule has 0 radical (unpaired) electrons. The summed E-state index contributed by atoms with van der Waals surface area (Å²) in [6.45, 7) is 0.923. The molecule has 0 aliphatic heterocycles. The number of rotatable bonds is 6. The summed E-state index contributed by atoms with van der Waals surface area (Å²) in [5.41, 5.74) is 2.97. The first kappa shape index (κ1) is 21.3. The largest absolute Gasteiger partial charge is 0.456 e. The Labute approximate surface area is 181 Å². The van der Waals surface area contributed by atoms with Gasteiger partial charge in [0.25, 0.3) is 0 Å². The van der Waals surface area contributed by atoms with E-state index in [9.17, 15) is 13.6 Å². The SMILES string of the molecule is CCN(Oc1ccc2oc(-c3cc(C)cc4nc(OC(F)F)cnc34)cc2c1)C(=O)OC. The van der Waals surface area contributed by atoms with Crippen molar-refractivity contribution in [3.63, 3.8) is 0 Å². The lowest BCUT2D eigenvalue weighted by molar-refractivity contribution is -0.0528. The molecule has 4 aromatic rings. The number of benzene rings is 2. The summed E-state index contributed by atoms with van der Waals surface area (Å²) in [5, 5.41) is 1.82. The van der Waals surface area contributed by atoms with E-state index in [0.29, 0.717) is 40.2 Å². The molecule has 10 heteroatoms. The van der Waals surface area contributed by atoms with Gasteiger partial charge >= 0.3 is 12.7 Å². The highest BCUT2D eigenvalue weighted by atomic mass is 19.3. The molecule has 0 N–H and O–H groups in total. The quantitative estimate of drug-likeness (QED) is 0.372. The van der Waals surface area contributed by atoms with Crippen molar-refractivity contribution in [2.45, 2.75) is 20.5 Å². The van der Waals surface area contributed by atoms with Crippen molar-refractivity contribution in [3.05, 3.63) is 48.2 Å². The smallest absolute Gasteiger partial charge is 0.442 e. The highest BCUT2D eigenvalue weighted by molar-refractivity contribution is 5.94. The first-order valence-electron chi connectivity index (χ1n) is 9.67. The third kappa shape index (κ3) is 4.25. The predicted molar refractivity (Wildman–Crippen MR) is 112 cm³/mol. The molecule has 0 fully saturated rings. The van der Waals surface area contributed by atoms with Crippen molar-refractivity contribution >= 4 is 28.1 Å². The van der Waals surface area contributed by atoms with Crippen molar-refractivity contribution in [2.24, 2.45) is 0 Å². The van der Waals surface area contributed by atoms with Crippen LogP contribution in [0.2, 0.25) is 0 Å². The topological polar surface area (TPSA) is 86.9 Å². The van der Waals surface area contributed by atoms with Crippen LogP contribution in [0.25, 0.3) is 33.3 Å². The molecule has 1 amide bonds. The number of hydrogen-bond acceptors (Lipinski definition) is 7. The Balaban J connectivity index is 1.72. The van der Waals surface area contributed by atoms with Crippen LogP contribution in [0.5, 0.6) is 11.6 Å². The van der Waals surface area contributed by atoms with E-state index in [1.807, 2.05) is 13.0 Å². The van der Waals surface area contributed by atoms with Gasteiger partial charge in [-0.1, -0.05) is 0 Å². The van der Waals surface area contributed by atoms with Crippen LogP contribution in [0.3, 0.4) is 0 Å². The Hall–Kier alpha value is -3.95. The molecule has 0 aliphatic rings. The molecule has 2 heterocycles. The van der Waals surface area contributed by atoms with E-state index in [0.717, 1.165) is 22.2 Å². The summed E-state index contributed by atoms with van der Waals surface area (Å²) in [7, 11) is 1.28. The van der Waals surface area contributed by atoms with Crippen LogP contribution in [0.1, 0.15) is 12.5 Å². The number of methoxy groups -OCH3 is 1. The van der Waals surface area contributed by atoms with Crippen molar-refractivity contribution in [1.82, 2.24) is 15.0 Å². The van der Waals surface area contributed by atoms with Crippen LogP contribution >= 0.6 is 0 Å². The van der Waals surface area contributed by atoms with Crippen molar-refractivity contribution < 1.29 is 32.3 Å². The minimum absolute atomic E-state index is 0.262. The minimum Gasteiger partial charge on any atom is -0.456 e. The van der Waals surface area contributed by atoms with Crippen LogP contribution in [0.4, 0.5) is 13.6 Å². The van der Waals surface area contributed by atoms with Gasteiger partial charge in [-0.15, -0.1) is 5.06 Å². The summed E-state index contributed by atoms with van der Waals surface area (Å²) >= 11 is 0. The zero-order chi connectivity index (χ0) is 22.8. The molecule has 2 aromatic carbocycles. The number of aromatic nitrogens is 2. The summed E-state index contributed by atoms with van der Waals surface area (Å²) in [6, 6.07) is 10.5. The van der Waals surface area contributed by atoms with Gasteiger partial charge in [0, 0.05) is 10.9 Å². The molecule has 0 saturated heterocycles. The summed E-state index contributed by atoms with van der Waals surface area (Å²) in [6.07, 6.45) is 0.536. The van der Waals surface area contributed by atoms with Gasteiger partial charge in [-0.2, -0.15) is 8.78 Å². The van der Waals surface area contributed by atoms with E-state index in [2.05, 4.69) is 19.4 Å². The van der Waals surface area contributed by atoms with Gasteiger partial charge in [-0.05, 0) is 55.8 Å². The van der Waals surface area contributed by atoms with E-state index in [-0.39, 0.29) is 5.88 Å². The fourth-order valence-electron chi connectivity index (χ4n) is 3.25. The van der Waals surface area contributed by atoms with Gasteiger partial charge < -0.3 is 18.7 Å². The number of alkyl halides is 2. The molecule has 32 heavy (non-hydrogen) atoms. The Morgan fingerprint density at radius 2 is 2.03 bits per heavy atom. The second-order valence-corrected chi connectivity index (χ2v) is 6.83. The highest BCUT2D eigenvalue weighted by Crippen LogP contribution is 2.34. The second-order valence-electron chi connectivity index (χ2n) is 6.83. The molecule has 0 spiro atoms. The third-order valence-electron chi connectivity index (χ3n) is 4.61. The maximum atomic E-state index is 12.5. The number of amides is 1. The predicted octanol–water partition coefficient (Wildman–Crippen LogP) is 5.33. The van der Waals surface area contributed by atoms with E-state index in [4.69, 9.17) is 9.25 Å². The fourth-order valence-corrected chi connectivity index (χ4v) is 3.25. The minimum atomic E-state index is -2.99. The number of nitrogens with zero attached hydrogens (tertiary/aromatic N) is 3. The number of halogens is 2. The van der Waals surface area contributed by atoms with Crippen molar-refractivity contribution in [3.8, 4) is 23.0 Å². The molecular weight excluding hydrogens is 424 g/mol. The Morgan fingerprint density at radius 3 is 2.75 bits per heavy atom. The standard InChI is InChI=1S/C22H19F2N3O5/c1-4-27(22(28)29-3)32-14-5-6-17-13(9-14)10-18(30-17)15-7-12(2)8-16-20(15)25-11-19(26-16)31-21(23)24/h5-11,21H,4H2,1-3H3. The summed E-state index contributed by atoms with van der Waals surface area (Å²) < 4.78 is 40.1. The third-order valence-corrected chi connectivity index (χ3v) is 4.61. The number of aryl methyl sites for hydroxylation is 1. The number of fused-ring (bicyclic) bond motifs is 2. The van der Waals surface area contributed by atoms with Gasteiger partial charge in [-0.3, -0.25) is 0 Å². The van der Waals surface area contributed by atoms with Gasteiger partial charge in [0.2, 0.25) is 5.88 Å². The molecule has 0 unspecified atom stereocenters. The Bertz CT molecular complexity index is 1290. The van der Waals surface area contributed by atoms with Crippen LogP contribution in [0.15, 0.2) is 47.0 Å². The van der Waals surface area contributed by atoms with E-state index in [1.54, 1.807) is 37.3 Å². The molecule has 0 saturated carbocycles. The molecule has 0 aliphatic carbocycles. The Morgan fingerprint density at radius 1 is 1.22 bits per heavy atom. The van der Waals surface area contributed by atoms with Gasteiger partial charge in [0.1, 0.15) is 11.3 Å². The molecule has 8 nitrogen and oxygen atoms in total. The first-order valence-corrected chi connectivity index (χ1v) is 9.67. The highest BCUT2D eigenvalue weighted by Gasteiger charge is 2.17. The summed E-state index contributed by atoms with van der Waals surface area (Å²) in [4.78, 5) is 25.7. The molecular formula is C22H19F2N3O5. The average Bonchev–Trinajstić information content (AvgIpc) is 3.19. The maximum absolute atomic E-state index is 12.5. The first-order chi connectivity index (χ1) is 15.4. The second kappa shape index (κ2) is 8.66. The van der Waals surface area contributed by atoms with Gasteiger partial charge in [0.05, 0.1) is 30.9 Å². The molecule has 166 valence electrons. The number of carbonyl (C=O) groups excluding carboxylic acids is 1. The van der Waals surface area contributed by atoms with E-state index < -0.39 is 12.7 Å². The van der Waals surface area contributed by atoms with E-state index >= 15 is 0 Å². The lowest BCUT2D eigenvalue weighted by Crippen LogP contribution is -2.33. The number of carbonyl (C=O) groups is 1. The number of hydroxylamine groups is 2. The molecule has 0 bridgehead atoms. The zero-order valence-electron chi connectivity index (χ0n) is 17.5. The van der Waals surface area contributed by atoms with Crippen molar-refractivity contribution in [1.29, 1.82) is 0 Å². The molecule has 0 atom stereocenters. The number of ether oxygens (including phenoxy) is 2. The number of hydrogen-bond donors (Lipinski definition) is 0. The fraction of sp³-hybridized carbons (Fsp3) is 0.227. The summed E-state index contributed by atoms with van der Waals surface area (Å²) in [5.74, 6) is 0.685. The van der Waals surface area contributed by atoms with E-state index in [1.165, 1.54) is 7.11 Å². The monoisotopic (exact) mass is 443 g/mol. The molecule has 4 rings (SSSR count). The van der Waals surface area contributed by atoms with Crippen LogP contribution in [-0.2, 0) is 4.74 Å². The molecule has 2 aromatic heterocycles. The Kier molecular flexibility index (Phi) is 5.76. The lowest BCUT2D eigenvalue weighted by Gasteiger charge is -2.18. The lowest BCUT2D eigenvalue weighted by atomic mass is 10.1. The van der Waals surface area contributed by atoms with Gasteiger partial charge in [-0.25, -0.2) is 14.8 Å². The average molecular weight is 443 g/mol. The van der Waals surface area contributed by atoms with Crippen LogP contribution in [0, 0.1) is 6.92 Å². The normalized spacial score (nSPS) is 11.2.